The van der Waals surface area contributed by atoms with E-state index in [1.54, 1.807) is 6.07 Å². The second-order valence-corrected chi connectivity index (χ2v) is 5.96. The molecule has 0 radical (unpaired) electrons. The second-order valence-electron chi connectivity index (χ2n) is 5.96. The highest BCUT2D eigenvalue weighted by molar-refractivity contribution is 5.20. The fourth-order valence-electron chi connectivity index (χ4n) is 1.69. The number of hydrogen-bond acceptors (Lipinski definition) is 2. The summed E-state index contributed by atoms with van der Waals surface area (Å²) in [5.74, 6) is -0.576. The zero-order valence-corrected chi connectivity index (χ0v) is 12.6. The van der Waals surface area contributed by atoms with Gasteiger partial charge in [-0.1, -0.05) is 18.2 Å². The van der Waals surface area contributed by atoms with Gasteiger partial charge in [0.25, 0.3) is 0 Å². The second kappa shape index (κ2) is 6.75. The van der Waals surface area contributed by atoms with Crippen molar-refractivity contribution in [2.75, 3.05) is 6.54 Å². The quantitative estimate of drug-likeness (QED) is 0.822. The fraction of sp³-hybridized carbons (Fsp3) is 0.600. The minimum absolute atomic E-state index is 0.0881. The van der Waals surface area contributed by atoms with E-state index in [9.17, 15) is 17.6 Å². The number of benzene rings is 1. The van der Waals surface area contributed by atoms with Crippen LogP contribution in [-0.4, -0.2) is 24.4 Å². The molecule has 6 heteroatoms. The number of nitrogens with one attached hydrogen (secondary N) is 1. The Morgan fingerprint density at radius 1 is 1.14 bits per heavy atom. The van der Waals surface area contributed by atoms with E-state index < -0.39 is 24.2 Å². The van der Waals surface area contributed by atoms with Crippen molar-refractivity contribution in [2.24, 2.45) is 0 Å². The third-order valence-corrected chi connectivity index (χ3v) is 2.90. The lowest BCUT2D eigenvalue weighted by atomic mass is 10.1. The Balaban J connectivity index is 2.93. The van der Waals surface area contributed by atoms with E-state index >= 15 is 0 Å². The van der Waals surface area contributed by atoms with E-state index in [-0.39, 0.29) is 17.6 Å². The zero-order valence-electron chi connectivity index (χ0n) is 12.6. The summed E-state index contributed by atoms with van der Waals surface area (Å²) in [4.78, 5) is 0. The lowest BCUT2D eigenvalue weighted by molar-refractivity contribution is -0.227. The summed E-state index contributed by atoms with van der Waals surface area (Å²) < 4.78 is 56.8. The zero-order chi connectivity index (χ0) is 16.3. The van der Waals surface area contributed by atoms with Crippen LogP contribution >= 0.6 is 0 Å². The van der Waals surface area contributed by atoms with Crippen LogP contribution in [0.5, 0.6) is 0 Å². The molecule has 0 spiro atoms. The summed E-state index contributed by atoms with van der Waals surface area (Å²) in [6, 6.07) is 5.71. The predicted octanol–water partition coefficient (Wildman–Crippen LogP) is 4.22. The Morgan fingerprint density at radius 2 is 1.71 bits per heavy atom. The maximum atomic E-state index is 13.8. The maximum Gasteiger partial charge on any atom is 0.414 e. The van der Waals surface area contributed by atoms with Crippen molar-refractivity contribution in [3.63, 3.8) is 0 Å². The van der Waals surface area contributed by atoms with E-state index in [2.05, 4.69) is 5.32 Å². The first-order chi connectivity index (χ1) is 9.50. The van der Waals surface area contributed by atoms with Gasteiger partial charge in [0.1, 0.15) is 5.82 Å². The molecular weight excluding hydrogens is 286 g/mol. The van der Waals surface area contributed by atoms with Crippen molar-refractivity contribution >= 4 is 0 Å². The number of rotatable bonds is 5. The van der Waals surface area contributed by atoms with Crippen LogP contribution in [0, 0.1) is 5.82 Å². The van der Waals surface area contributed by atoms with Gasteiger partial charge in [0.2, 0.25) is 0 Å². The first kappa shape index (κ1) is 17.9. The standard InChI is InChI=1S/C15H21F4NO/c1-10(15(17,18)19)21-13(9-20-14(2,3)4)11-7-5-6-8-12(11)16/h5-8,10,13,20H,9H2,1-4H3. The van der Waals surface area contributed by atoms with Crippen molar-refractivity contribution in [1.82, 2.24) is 5.32 Å². The summed E-state index contributed by atoms with van der Waals surface area (Å²) in [6.45, 7) is 6.63. The summed E-state index contributed by atoms with van der Waals surface area (Å²) >= 11 is 0. The molecule has 0 aliphatic rings. The molecule has 0 amide bonds. The lowest BCUT2D eigenvalue weighted by Gasteiger charge is -2.28. The van der Waals surface area contributed by atoms with Gasteiger partial charge >= 0.3 is 6.18 Å². The molecule has 0 fully saturated rings. The van der Waals surface area contributed by atoms with Crippen molar-refractivity contribution in [3.8, 4) is 0 Å². The first-order valence-electron chi connectivity index (χ1n) is 6.72. The largest absolute Gasteiger partial charge is 0.414 e. The summed E-state index contributed by atoms with van der Waals surface area (Å²) in [7, 11) is 0. The van der Waals surface area contributed by atoms with Crippen LogP contribution in [0.2, 0.25) is 0 Å². The van der Waals surface area contributed by atoms with Gasteiger partial charge in [-0.2, -0.15) is 13.2 Å². The van der Waals surface area contributed by atoms with Gasteiger partial charge in [-0.25, -0.2) is 4.39 Å². The monoisotopic (exact) mass is 307 g/mol. The van der Waals surface area contributed by atoms with Gasteiger partial charge in [-0.05, 0) is 33.8 Å². The Bertz CT molecular complexity index is 454. The molecule has 120 valence electrons. The SMILES string of the molecule is CC(OC(CNC(C)(C)C)c1ccccc1F)C(F)(F)F. The molecule has 0 bridgehead atoms. The molecule has 1 rings (SSSR count). The van der Waals surface area contributed by atoms with Gasteiger partial charge in [0.15, 0.2) is 6.10 Å². The molecule has 2 atom stereocenters. The number of ether oxygens (including phenoxy) is 1. The Morgan fingerprint density at radius 3 is 2.19 bits per heavy atom. The first-order valence-corrected chi connectivity index (χ1v) is 6.72. The summed E-state index contributed by atoms with van der Waals surface area (Å²) in [5, 5.41) is 3.05. The molecule has 0 saturated carbocycles. The van der Waals surface area contributed by atoms with Crippen LogP contribution in [0.4, 0.5) is 17.6 Å². The van der Waals surface area contributed by atoms with E-state index in [1.807, 2.05) is 20.8 Å². The van der Waals surface area contributed by atoms with E-state index in [0.717, 1.165) is 6.92 Å². The van der Waals surface area contributed by atoms with Gasteiger partial charge in [0, 0.05) is 17.6 Å². The highest BCUT2D eigenvalue weighted by Crippen LogP contribution is 2.29. The van der Waals surface area contributed by atoms with E-state index in [4.69, 9.17) is 4.74 Å². The molecule has 1 aromatic carbocycles. The smallest absolute Gasteiger partial charge is 0.360 e. The Hall–Kier alpha value is -1.14. The van der Waals surface area contributed by atoms with Gasteiger partial charge < -0.3 is 10.1 Å². The third kappa shape index (κ3) is 6.01. The number of halogens is 4. The van der Waals surface area contributed by atoms with Crippen molar-refractivity contribution in [3.05, 3.63) is 35.6 Å². The number of hydrogen-bond donors (Lipinski definition) is 1. The van der Waals surface area contributed by atoms with Crippen LogP contribution in [0.3, 0.4) is 0 Å². The predicted molar refractivity (Wildman–Crippen MR) is 73.5 cm³/mol. The molecule has 0 aromatic heterocycles. The van der Waals surface area contributed by atoms with Crippen LogP contribution in [0.15, 0.2) is 24.3 Å². The summed E-state index contributed by atoms with van der Waals surface area (Å²) in [6.07, 6.45) is -7.46. The van der Waals surface area contributed by atoms with Gasteiger partial charge in [0.05, 0.1) is 6.10 Å². The van der Waals surface area contributed by atoms with Crippen molar-refractivity contribution in [1.29, 1.82) is 0 Å². The minimum atomic E-state index is -4.48. The lowest BCUT2D eigenvalue weighted by Crippen LogP contribution is -2.41. The highest BCUT2D eigenvalue weighted by atomic mass is 19.4. The van der Waals surface area contributed by atoms with Crippen LogP contribution in [0.25, 0.3) is 0 Å². The summed E-state index contributed by atoms with van der Waals surface area (Å²) in [5.41, 5.74) is -0.195. The molecule has 0 heterocycles. The molecule has 0 aliphatic carbocycles. The average molecular weight is 307 g/mol. The Labute approximate surface area is 122 Å². The molecule has 0 aliphatic heterocycles. The van der Waals surface area contributed by atoms with Crippen LogP contribution < -0.4 is 5.32 Å². The molecule has 2 nitrogen and oxygen atoms in total. The van der Waals surface area contributed by atoms with Gasteiger partial charge in [-0.3, -0.25) is 0 Å². The maximum absolute atomic E-state index is 13.8. The third-order valence-electron chi connectivity index (χ3n) is 2.90. The molecule has 1 N–H and O–H groups in total. The fourth-order valence-corrected chi connectivity index (χ4v) is 1.69. The van der Waals surface area contributed by atoms with Crippen molar-refractivity contribution in [2.45, 2.75) is 51.6 Å². The number of alkyl halides is 3. The Kier molecular flexibility index (Phi) is 5.75. The molecule has 1 aromatic rings. The minimum Gasteiger partial charge on any atom is -0.360 e. The van der Waals surface area contributed by atoms with Gasteiger partial charge in [-0.15, -0.1) is 0 Å². The molecule has 21 heavy (non-hydrogen) atoms. The topological polar surface area (TPSA) is 21.3 Å². The highest BCUT2D eigenvalue weighted by Gasteiger charge is 2.39. The normalized spacial score (nSPS) is 15.8. The van der Waals surface area contributed by atoms with Crippen molar-refractivity contribution < 1.29 is 22.3 Å². The van der Waals surface area contributed by atoms with E-state index in [0.29, 0.717) is 0 Å². The van der Waals surface area contributed by atoms with E-state index in [1.165, 1.54) is 18.2 Å². The average Bonchev–Trinajstić information content (AvgIpc) is 2.32. The van der Waals surface area contributed by atoms with Crippen LogP contribution in [-0.2, 0) is 4.74 Å². The molecular formula is C15H21F4NO. The van der Waals surface area contributed by atoms with Crippen LogP contribution in [0.1, 0.15) is 39.4 Å². The molecule has 0 saturated heterocycles. The molecule has 2 unspecified atom stereocenters.